The molecule has 1 N–H and O–H groups in total. The fourth-order valence-corrected chi connectivity index (χ4v) is 2.73. The lowest BCUT2D eigenvalue weighted by molar-refractivity contribution is -0.142. The minimum Gasteiger partial charge on any atom is -0.341 e. The number of nitrogens with zero attached hydrogens (tertiary/aromatic N) is 3. The number of amides is 2. The molecule has 1 atom stereocenters. The molecule has 0 bridgehead atoms. The number of hydrogen-bond donors (Lipinski definition) is 1. The van der Waals surface area contributed by atoms with Gasteiger partial charge in [-0.1, -0.05) is 32.1 Å². The number of piperidine rings is 1. The number of likely N-dealkylation sites (tertiary alicyclic amines) is 1. The van der Waals surface area contributed by atoms with E-state index in [0.717, 1.165) is 19.4 Å². The van der Waals surface area contributed by atoms with Crippen molar-refractivity contribution in [2.24, 2.45) is 11.3 Å². The Bertz CT molecular complexity index is 481. The van der Waals surface area contributed by atoms with Gasteiger partial charge in [-0.2, -0.15) is 0 Å². The van der Waals surface area contributed by atoms with E-state index in [-0.39, 0.29) is 17.7 Å². The maximum Gasteiger partial charge on any atom is 0.231 e. The van der Waals surface area contributed by atoms with Crippen LogP contribution >= 0.6 is 11.3 Å². The molecule has 110 valence electrons. The molecule has 0 unspecified atom stereocenters. The zero-order valence-corrected chi connectivity index (χ0v) is 12.9. The largest absolute Gasteiger partial charge is 0.341 e. The minimum atomic E-state index is -0.405. The second-order valence-electron chi connectivity index (χ2n) is 6.07. The fraction of sp³-hybridized carbons (Fsp3) is 0.692. The smallest absolute Gasteiger partial charge is 0.231 e. The summed E-state index contributed by atoms with van der Waals surface area (Å²) >= 11 is 1.29. The second kappa shape index (κ2) is 5.87. The predicted octanol–water partition coefficient (Wildman–Crippen LogP) is 1.76. The third-order valence-electron chi connectivity index (χ3n) is 3.31. The third kappa shape index (κ3) is 3.53. The zero-order chi connectivity index (χ0) is 14.8. The molecule has 1 aromatic rings. The first-order valence-corrected chi connectivity index (χ1v) is 7.62. The van der Waals surface area contributed by atoms with Gasteiger partial charge in [0.2, 0.25) is 16.9 Å². The van der Waals surface area contributed by atoms with Gasteiger partial charge in [-0.05, 0) is 12.8 Å². The minimum absolute atomic E-state index is 0.0758. The van der Waals surface area contributed by atoms with Gasteiger partial charge in [-0.15, -0.1) is 10.2 Å². The molecule has 6 nitrogen and oxygen atoms in total. The maximum absolute atomic E-state index is 12.3. The van der Waals surface area contributed by atoms with Crippen molar-refractivity contribution in [3.63, 3.8) is 0 Å². The van der Waals surface area contributed by atoms with Gasteiger partial charge in [0.25, 0.3) is 0 Å². The van der Waals surface area contributed by atoms with Crippen LogP contribution in [0.25, 0.3) is 0 Å². The molecule has 2 amide bonds. The molecule has 0 radical (unpaired) electrons. The number of rotatable bonds is 2. The van der Waals surface area contributed by atoms with Gasteiger partial charge >= 0.3 is 0 Å². The van der Waals surface area contributed by atoms with E-state index in [1.165, 1.54) is 11.3 Å². The average molecular weight is 296 g/mol. The summed E-state index contributed by atoms with van der Waals surface area (Å²) < 4.78 is 0. The molecule has 0 saturated carbocycles. The first kappa shape index (κ1) is 14.9. The summed E-state index contributed by atoms with van der Waals surface area (Å²) in [5.41, 5.74) is 1.17. The van der Waals surface area contributed by atoms with Crippen LogP contribution in [-0.4, -0.2) is 40.0 Å². The number of nitrogens with one attached hydrogen (secondary N) is 1. The van der Waals surface area contributed by atoms with E-state index in [0.29, 0.717) is 11.7 Å². The third-order valence-corrected chi connectivity index (χ3v) is 3.92. The summed E-state index contributed by atoms with van der Waals surface area (Å²) in [6.45, 7) is 6.93. The first-order chi connectivity index (χ1) is 9.38. The van der Waals surface area contributed by atoms with E-state index in [2.05, 4.69) is 15.5 Å². The molecule has 1 aromatic heterocycles. The van der Waals surface area contributed by atoms with E-state index in [4.69, 9.17) is 0 Å². The molecule has 0 aliphatic carbocycles. The standard InChI is InChI=1S/C13H20N4O2S/c1-13(2,3)11(19)17-6-4-5-9(7-17)10(18)15-12-16-14-8-20-12/h8-9H,4-7H2,1-3H3,(H,15,16,18)/t9-/m1/s1. The van der Waals surface area contributed by atoms with Gasteiger partial charge in [-0.3, -0.25) is 9.59 Å². The van der Waals surface area contributed by atoms with E-state index in [9.17, 15) is 9.59 Å². The molecule has 1 fully saturated rings. The molecular weight excluding hydrogens is 276 g/mol. The van der Waals surface area contributed by atoms with Gasteiger partial charge in [0.1, 0.15) is 5.51 Å². The van der Waals surface area contributed by atoms with Crippen molar-refractivity contribution in [3.8, 4) is 0 Å². The van der Waals surface area contributed by atoms with Crippen LogP contribution in [0.1, 0.15) is 33.6 Å². The van der Waals surface area contributed by atoms with Crippen LogP contribution in [0.15, 0.2) is 5.51 Å². The summed E-state index contributed by atoms with van der Waals surface area (Å²) in [6.07, 6.45) is 1.66. The normalized spacial score (nSPS) is 19.8. The van der Waals surface area contributed by atoms with Crippen LogP contribution in [0.4, 0.5) is 5.13 Å². The number of carbonyl (C=O) groups is 2. The number of anilines is 1. The Morgan fingerprint density at radius 3 is 2.80 bits per heavy atom. The summed E-state index contributed by atoms with van der Waals surface area (Å²) in [5, 5.41) is 10.8. The lowest BCUT2D eigenvalue weighted by atomic mass is 9.91. The number of hydrogen-bond acceptors (Lipinski definition) is 5. The van der Waals surface area contributed by atoms with Gasteiger partial charge in [0.15, 0.2) is 0 Å². The highest BCUT2D eigenvalue weighted by Crippen LogP contribution is 2.24. The van der Waals surface area contributed by atoms with Gasteiger partial charge < -0.3 is 10.2 Å². The summed E-state index contributed by atoms with van der Waals surface area (Å²) in [7, 11) is 0. The van der Waals surface area contributed by atoms with Crippen molar-refractivity contribution >= 4 is 28.3 Å². The maximum atomic E-state index is 12.3. The second-order valence-corrected chi connectivity index (χ2v) is 6.91. The van der Waals surface area contributed by atoms with Gasteiger partial charge in [0.05, 0.1) is 5.92 Å². The molecule has 20 heavy (non-hydrogen) atoms. The molecule has 0 aromatic carbocycles. The van der Waals surface area contributed by atoms with E-state index < -0.39 is 5.41 Å². The molecular formula is C13H20N4O2S. The Morgan fingerprint density at radius 2 is 2.20 bits per heavy atom. The summed E-state index contributed by atoms with van der Waals surface area (Å²) in [5.74, 6) is -0.141. The molecule has 2 heterocycles. The molecule has 1 aliphatic heterocycles. The number of carbonyl (C=O) groups excluding carboxylic acids is 2. The van der Waals surface area contributed by atoms with Crippen LogP contribution in [0.5, 0.6) is 0 Å². The van der Waals surface area contributed by atoms with Gasteiger partial charge in [0, 0.05) is 18.5 Å². The van der Waals surface area contributed by atoms with E-state index in [1.54, 1.807) is 10.4 Å². The van der Waals surface area contributed by atoms with Crippen LogP contribution in [0.2, 0.25) is 0 Å². The van der Waals surface area contributed by atoms with Crippen LogP contribution < -0.4 is 5.32 Å². The fourth-order valence-electron chi connectivity index (χ4n) is 2.28. The Kier molecular flexibility index (Phi) is 4.37. The average Bonchev–Trinajstić information content (AvgIpc) is 2.89. The van der Waals surface area contributed by atoms with Crippen LogP contribution in [0, 0.1) is 11.3 Å². The van der Waals surface area contributed by atoms with E-state index >= 15 is 0 Å². The SMILES string of the molecule is CC(C)(C)C(=O)N1CCC[C@@H](C(=O)Nc2nncs2)C1. The Labute approximate surface area is 122 Å². The molecule has 1 aliphatic rings. The lowest BCUT2D eigenvalue weighted by Crippen LogP contribution is -2.47. The summed E-state index contributed by atoms with van der Waals surface area (Å²) in [4.78, 5) is 26.3. The van der Waals surface area contributed by atoms with Gasteiger partial charge in [-0.25, -0.2) is 0 Å². The lowest BCUT2D eigenvalue weighted by Gasteiger charge is -2.35. The number of aromatic nitrogens is 2. The molecule has 0 spiro atoms. The zero-order valence-electron chi connectivity index (χ0n) is 12.0. The predicted molar refractivity (Wildman–Crippen MR) is 77.3 cm³/mol. The molecule has 2 rings (SSSR count). The first-order valence-electron chi connectivity index (χ1n) is 6.74. The van der Waals surface area contributed by atoms with Crippen LogP contribution in [-0.2, 0) is 9.59 Å². The topological polar surface area (TPSA) is 75.2 Å². The van der Waals surface area contributed by atoms with Crippen molar-refractivity contribution in [2.45, 2.75) is 33.6 Å². The Morgan fingerprint density at radius 1 is 1.45 bits per heavy atom. The van der Waals surface area contributed by atoms with Crippen molar-refractivity contribution < 1.29 is 9.59 Å². The van der Waals surface area contributed by atoms with Crippen molar-refractivity contribution in [1.29, 1.82) is 0 Å². The Hall–Kier alpha value is -1.50. The monoisotopic (exact) mass is 296 g/mol. The van der Waals surface area contributed by atoms with Crippen molar-refractivity contribution in [3.05, 3.63) is 5.51 Å². The van der Waals surface area contributed by atoms with E-state index in [1.807, 2.05) is 20.8 Å². The quantitative estimate of drug-likeness (QED) is 0.902. The van der Waals surface area contributed by atoms with Crippen molar-refractivity contribution in [2.75, 3.05) is 18.4 Å². The molecule has 1 saturated heterocycles. The van der Waals surface area contributed by atoms with Crippen LogP contribution in [0.3, 0.4) is 0 Å². The highest BCUT2D eigenvalue weighted by atomic mass is 32.1. The highest BCUT2D eigenvalue weighted by molar-refractivity contribution is 7.13. The summed E-state index contributed by atoms with van der Waals surface area (Å²) in [6, 6.07) is 0. The van der Waals surface area contributed by atoms with Crippen molar-refractivity contribution in [1.82, 2.24) is 15.1 Å². The molecule has 7 heteroatoms. The Balaban J connectivity index is 1.96. The highest BCUT2D eigenvalue weighted by Gasteiger charge is 2.33.